The maximum Gasteiger partial charge on any atom is 0.162 e. The Labute approximate surface area is 91.9 Å². The van der Waals surface area contributed by atoms with Crippen LogP contribution in [0.15, 0.2) is 11.6 Å². The highest BCUT2D eigenvalue weighted by Crippen LogP contribution is 2.16. The lowest BCUT2D eigenvalue weighted by atomic mass is 9.97. The van der Waals surface area contributed by atoms with Gasteiger partial charge in [-0.2, -0.15) is 0 Å². The van der Waals surface area contributed by atoms with Crippen LogP contribution in [0.25, 0.3) is 0 Å². The average molecular weight is 211 g/mol. The van der Waals surface area contributed by atoms with Crippen LogP contribution in [0, 0.1) is 5.92 Å². The van der Waals surface area contributed by atoms with Crippen molar-refractivity contribution in [2.24, 2.45) is 5.92 Å². The van der Waals surface area contributed by atoms with Crippen LogP contribution >= 0.6 is 0 Å². The van der Waals surface area contributed by atoms with E-state index in [0.29, 0.717) is 13.2 Å². The zero-order valence-corrected chi connectivity index (χ0v) is 9.88. The largest absolute Gasteiger partial charge is 0.379 e. The quantitative estimate of drug-likeness (QED) is 0.701. The van der Waals surface area contributed by atoms with E-state index in [9.17, 15) is 4.79 Å². The van der Waals surface area contributed by atoms with Crippen molar-refractivity contribution in [3.63, 3.8) is 0 Å². The molecule has 0 aromatic rings. The maximum atomic E-state index is 11.8. The highest BCUT2D eigenvalue weighted by molar-refractivity contribution is 5.93. The van der Waals surface area contributed by atoms with Gasteiger partial charge in [-0.1, -0.05) is 12.5 Å². The van der Waals surface area contributed by atoms with Crippen molar-refractivity contribution < 1.29 is 9.53 Å². The molecular weight excluding hydrogens is 190 g/mol. The molecule has 0 aromatic heterocycles. The van der Waals surface area contributed by atoms with E-state index in [0.717, 1.165) is 18.5 Å². The van der Waals surface area contributed by atoms with Crippen LogP contribution in [-0.4, -0.2) is 31.6 Å². The summed E-state index contributed by atoms with van der Waals surface area (Å²) in [6.45, 7) is 8.18. The first-order valence-corrected chi connectivity index (χ1v) is 5.65. The van der Waals surface area contributed by atoms with Crippen molar-refractivity contribution >= 4 is 5.78 Å². The van der Waals surface area contributed by atoms with Crippen LogP contribution < -0.4 is 5.32 Å². The summed E-state index contributed by atoms with van der Waals surface area (Å²) in [5.74, 6) is 0.201. The number of ketones is 1. The van der Waals surface area contributed by atoms with Gasteiger partial charge in [0.1, 0.15) is 0 Å². The van der Waals surface area contributed by atoms with E-state index in [1.807, 2.05) is 13.8 Å². The first kappa shape index (κ1) is 12.4. The molecule has 1 aliphatic rings. The maximum absolute atomic E-state index is 11.8. The summed E-state index contributed by atoms with van der Waals surface area (Å²) < 4.78 is 5.36. The molecule has 15 heavy (non-hydrogen) atoms. The molecule has 1 aliphatic heterocycles. The molecule has 3 heteroatoms. The second-order valence-electron chi connectivity index (χ2n) is 4.33. The minimum Gasteiger partial charge on any atom is -0.379 e. The zero-order valence-electron chi connectivity index (χ0n) is 9.88. The SMILES string of the molecule is CCCNC1COCC1C(=O)C=C(C)C. The van der Waals surface area contributed by atoms with Crippen LogP contribution in [0.2, 0.25) is 0 Å². The number of rotatable bonds is 5. The first-order chi connectivity index (χ1) is 7.15. The summed E-state index contributed by atoms with van der Waals surface area (Å²) >= 11 is 0. The molecular formula is C12H21NO2. The second-order valence-corrected chi connectivity index (χ2v) is 4.33. The molecule has 1 rings (SSSR count). The van der Waals surface area contributed by atoms with Crippen molar-refractivity contribution in [3.05, 3.63) is 11.6 Å². The number of nitrogens with one attached hydrogen (secondary N) is 1. The third kappa shape index (κ3) is 3.76. The van der Waals surface area contributed by atoms with Crippen molar-refractivity contribution in [2.75, 3.05) is 19.8 Å². The third-order valence-corrected chi connectivity index (χ3v) is 2.53. The molecule has 0 amide bonds. The van der Waals surface area contributed by atoms with Gasteiger partial charge in [0.25, 0.3) is 0 Å². The molecule has 0 spiro atoms. The van der Waals surface area contributed by atoms with Crippen molar-refractivity contribution in [3.8, 4) is 0 Å². The normalized spacial score (nSPS) is 25.3. The van der Waals surface area contributed by atoms with Crippen molar-refractivity contribution in [1.29, 1.82) is 0 Å². The number of ether oxygens (including phenoxy) is 1. The Morgan fingerprint density at radius 3 is 2.80 bits per heavy atom. The monoisotopic (exact) mass is 211 g/mol. The predicted octanol–water partition coefficient (Wildman–Crippen LogP) is 1.54. The lowest BCUT2D eigenvalue weighted by Crippen LogP contribution is -2.39. The van der Waals surface area contributed by atoms with Gasteiger partial charge in [0.15, 0.2) is 5.78 Å². The van der Waals surface area contributed by atoms with Crippen LogP contribution in [0.5, 0.6) is 0 Å². The summed E-state index contributed by atoms with van der Waals surface area (Å²) in [4.78, 5) is 11.8. The van der Waals surface area contributed by atoms with Gasteiger partial charge in [-0.3, -0.25) is 4.79 Å². The number of hydrogen-bond donors (Lipinski definition) is 1. The molecule has 2 atom stereocenters. The number of allylic oxidation sites excluding steroid dienone is 2. The van der Waals surface area contributed by atoms with E-state index in [1.165, 1.54) is 0 Å². The standard InChI is InChI=1S/C12H21NO2/c1-4-5-13-11-8-15-7-10(11)12(14)6-9(2)3/h6,10-11,13H,4-5,7-8H2,1-3H3. The molecule has 0 aromatic carbocycles. The smallest absolute Gasteiger partial charge is 0.162 e. The predicted molar refractivity (Wildman–Crippen MR) is 60.8 cm³/mol. The molecule has 1 saturated heterocycles. The van der Waals surface area contributed by atoms with Crippen molar-refractivity contribution in [2.45, 2.75) is 33.2 Å². The van der Waals surface area contributed by atoms with Gasteiger partial charge in [0.05, 0.1) is 19.1 Å². The van der Waals surface area contributed by atoms with Gasteiger partial charge in [0.2, 0.25) is 0 Å². The molecule has 0 bridgehead atoms. The molecule has 2 unspecified atom stereocenters. The van der Waals surface area contributed by atoms with Gasteiger partial charge in [-0.05, 0) is 32.9 Å². The Kier molecular flexibility index (Phi) is 4.99. The molecule has 0 aliphatic carbocycles. The summed E-state index contributed by atoms with van der Waals surface area (Å²) in [6.07, 6.45) is 2.81. The highest BCUT2D eigenvalue weighted by atomic mass is 16.5. The topological polar surface area (TPSA) is 38.3 Å². The number of carbonyl (C=O) groups is 1. The Hall–Kier alpha value is -0.670. The Morgan fingerprint density at radius 1 is 1.47 bits per heavy atom. The molecule has 3 nitrogen and oxygen atoms in total. The fourth-order valence-electron chi connectivity index (χ4n) is 1.76. The van der Waals surface area contributed by atoms with E-state index >= 15 is 0 Å². The first-order valence-electron chi connectivity index (χ1n) is 5.65. The van der Waals surface area contributed by atoms with Gasteiger partial charge < -0.3 is 10.1 Å². The van der Waals surface area contributed by atoms with Gasteiger partial charge in [-0.15, -0.1) is 0 Å². The zero-order chi connectivity index (χ0) is 11.3. The van der Waals surface area contributed by atoms with E-state index in [1.54, 1.807) is 6.08 Å². The summed E-state index contributed by atoms with van der Waals surface area (Å²) in [6, 6.07) is 0.202. The van der Waals surface area contributed by atoms with Crippen LogP contribution in [-0.2, 0) is 9.53 Å². The van der Waals surface area contributed by atoms with Crippen LogP contribution in [0.3, 0.4) is 0 Å². The molecule has 1 heterocycles. The van der Waals surface area contributed by atoms with E-state index < -0.39 is 0 Å². The number of hydrogen-bond acceptors (Lipinski definition) is 3. The number of carbonyl (C=O) groups excluding carboxylic acids is 1. The third-order valence-electron chi connectivity index (χ3n) is 2.53. The average Bonchev–Trinajstić information content (AvgIpc) is 2.61. The lowest BCUT2D eigenvalue weighted by Gasteiger charge is -2.16. The summed E-state index contributed by atoms with van der Waals surface area (Å²) in [7, 11) is 0. The molecule has 86 valence electrons. The van der Waals surface area contributed by atoms with Gasteiger partial charge in [-0.25, -0.2) is 0 Å². The lowest BCUT2D eigenvalue weighted by molar-refractivity contribution is -0.118. The van der Waals surface area contributed by atoms with Crippen molar-refractivity contribution in [1.82, 2.24) is 5.32 Å². The van der Waals surface area contributed by atoms with E-state index in [4.69, 9.17) is 4.74 Å². The summed E-state index contributed by atoms with van der Waals surface area (Å²) in [5.41, 5.74) is 1.06. The second kappa shape index (κ2) is 6.03. The minimum atomic E-state index is 0.00597. The van der Waals surface area contributed by atoms with E-state index in [-0.39, 0.29) is 17.7 Å². The fraction of sp³-hybridized carbons (Fsp3) is 0.750. The Balaban J connectivity index is 2.52. The minimum absolute atomic E-state index is 0.00597. The summed E-state index contributed by atoms with van der Waals surface area (Å²) in [5, 5.41) is 3.36. The highest BCUT2D eigenvalue weighted by Gasteiger charge is 2.32. The Bertz CT molecular complexity index is 244. The molecule has 1 fully saturated rings. The molecule has 1 N–H and O–H groups in total. The van der Waals surface area contributed by atoms with Crippen LogP contribution in [0.4, 0.5) is 0 Å². The van der Waals surface area contributed by atoms with Gasteiger partial charge >= 0.3 is 0 Å². The molecule has 0 radical (unpaired) electrons. The fourth-order valence-corrected chi connectivity index (χ4v) is 1.76. The van der Waals surface area contributed by atoms with Crippen LogP contribution in [0.1, 0.15) is 27.2 Å². The Morgan fingerprint density at radius 2 is 2.20 bits per heavy atom. The molecule has 0 saturated carbocycles. The van der Waals surface area contributed by atoms with Gasteiger partial charge in [0, 0.05) is 6.04 Å². The van der Waals surface area contributed by atoms with E-state index in [2.05, 4.69) is 12.2 Å².